The molecule has 0 N–H and O–H groups in total. The van der Waals surface area contributed by atoms with Crippen molar-refractivity contribution in [3.63, 3.8) is 0 Å². The summed E-state index contributed by atoms with van der Waals surface area (Å²) in [5.74, 6) is -3.70. The third kappa shape index (κ3) is 0.363. The molecule has 2 fully saturated rings. The monoisotopic (exact) mass is 145 g/mol. The minimum atomic E-state index is -2.88. The Kier molecular flexibility index (Phi) is 0.801. The van der Waals surface area contributed by atoms with Crippen LogP contribution in [-0.2, 0) is 4.74 Å². The molecule has 0 spiro atoms. The van der Waals surface area contributed by atoms with Crippen LogP contribution in [0.4, 0.5) is 8.78 Å². The van der Waals surface area contributed by atoms with Gasteiger partial charge in [-0.1, -0.05) is 0 Å². The lowest BCUT2D eigenvalue weighted by molar-refractivity contribution is -0.0287. The normalized spacial score (nSPS) is 47.9. The zero-order chi connectivity index (χ0) is 7.41. The van der Waals surface area contributed by atoms with E-state index in [0.717, 1.165) is 0 Å². The van der Waals surface area contributed by atoms with Gasteiger partial charge in [-0.3, -0.25) is 0 Å². The van der Waals surface area contributed by atoms with Gasteiger partial charge in [0.05, 0.1) is 5.92 Å². The summed E-state index contributed by atoms with van der Waals surface area (Å²) in [7, 11) is 0. The topological polar surface area (TPSA) is 33.0 Å². The van der Waals surface area contributed by atoms with E-state index in [9.17, 15) is 8.78 Å². The lowest BCUT2D eigenvalue weighted by atomic mass is 10.3. The number of halogens is 2. The molecule has 0 unspecified atom stereocenters. The van der Waals surface area contributed by atoms with Crippen LogP contribution >= 0.6 is 0 Å². The fourth-order valence-electron chi connectivity index (χ4n) is 1.55. The van der Waals surface area contributed by atoms with Gasteiger partial charge in [-0.05, 0) is 6.42 Å². The maximum Gasteiger partial charge on any atom is 0.297 e. The van der Waals surface area contributed by atoms with E-state index in [1.54, 1.807) is 0 Å². The molecule has 1 aliphatic heterocycles. The van der Waals surface area contributed by atoms with Crippen molar-refractivity contribution in [2.45, 2.75) is 17.9 Å². The van der Waals surface area contributed by atoms with Gasteiger partial charge in [0.1, 0.15) is 6.07 Å². The summed E-state index contributed by atoms with van der Waals surface area (Å²) in [6.45, 7) is 0.299. The maximum absolute atomic E-state index is 12.5. The summed E-state index contributed by atoms with van der Waals surface area (Å²) in [4.78, 5) is 0. The van der Waals surface area contributed by atoms with Gasteiger partial charge < -0.3 is 4.74 Å². The van der Waals surface area contributed by atoms with Crippen molar-refractivity contribution in [3.8, 4) is 6.07 Å². The largest absolute Gasteiger partial charge is 0.354 e. The molecule has 1 saturated carbocycles. The predicted molar refractivity (Wildman–Crippen MR) is 27.3 cm³/mol. The molecule has 0 bridgehead atoms. The zero-order valence-corrected chi connectivity index (χ0v) is 5.10. The predicted octanol–water partition coefficient (Wildman–Crippen LogP) is 0.934. The molecule has 0 amide bonds. The minimum Gasteiger partial charge on any atom is -0.354 e. The molecule has 0 aromatic rings. The van der Waals surface area contributed by atoms with Gasteiger partial charge >= 0.3 is 0 Å². The van der Waals surface area contributed by atoms with Crippen LogP contribution in [0.1, 0.15) is 6.42 Å². The first-order valence-electron chi connectivity index (χ1n) is 3.08. The second kappa shape index (κ2) is 1.32. The van der Waals surface area contributed by atoms with Crippen LogP contribution in [0.5, 0.6) is 0 Å². The lowest BCUT2D eigenvalue weighted by Gasteiger charge is -2.04. The molecule has 1 aliphatic carbocycles. The second-order valence-electron chi connectivity index (χ2n) is 2.66. The molecule has 2 aliphatic rings. The van der Waals surface area contributed by atoms with E-state index in [1.807, 2.05) is 0 Å². The van der Waals surface area contributed by atoms with E-state index in [2.05, 4.69) is 4.74 Å². The summed E-state index contributed by atoms with van der Waals surface area (Å²) < 4.78 is 29.8. The van der Waals surface area contributed by atoms with E-state index in [1.165, 1.54) is 6.07 Å². The average molecular weight is 145 g/mol. The first-order valence-corrected chi connectivity index (χ1v) is 3.08. The summed E-state index contributed by atoms with van der Waals surface area (Å²) in [5.41, 5.74) is -1.73. The zero-order valence-electron chi connectivity index (χ0n) is 5.10. The molecule has 0 aromatic carbocycles. The van der Waals surface area contributed by atoms with Gasteiger partial charge in [-0.25, -0.2) is 8.78 Å². The molecule has 0 radical (unpaired) electrons. The Bertz CT molecular complexity index is 222. The van der Waals surface area contributed by atoms with Crippen molar-refractivity contribution in [2.24, 2.45) is 5.92 Å². The third-order valence-corrected chi connectivity index (χ3v) is 2.24. The van der Waals surface area contributed by atoms with Gasteiger partial charge in [0.15, 0.2) is 0 Å². The fraction of sp³-hybridized carbons (Fsp3) is 0.833. The fourth-order valence-corrected chi connectivity index (χ4v) is 1.55. The lowest BCUT2D eigenvalue weighted by Crippen LogP contribution is -2.19. The van der Waals surface area contributed by atoms with Crippen LogP contribution in [0, 0.1) is 17.2 Å². The van der Waals surface area contributed by atoms with Crippen LogP contribution < -0.4 is 0 Å². The Balaban J connectivity index is 2.33. The van der Waals surface area contributed by atoms with Gasteiger partial charge in [0.25, 0.3) is 5.92 Å². The number of ether oxygens (including phenoxy) is 1. The van der Waals surface area contributed by atoms with Crippen LogP contribution in [0.3, 0.4) is 0 Å². The standard InChI is InChI=1S/C6H5F2NO/c7-6(8)4-1-2-10-5(4,6)3-9/h4H,1-2H2/t4-,5+/m0/s1. The molecule has 4 heteroatoms. The highest BCUT2D eigenvalue weighted by Crippen LogP contribution is 2.65. The molecule has 10 heavy (non-hydrogen) atoms. The molecule has 2 atom stereocenters. The van der Waals surface area contributed by atoms with E-state index in [4.69, 9.17) is 5.26 Å². The molecular formula is C6H5F2NO. The number of hydrogen-bond donors (Lipinski definition) is 0. The molecule has 2 rings (SSSR count). The summed E-state index contributed by atoms with van der Waals surface area (Å²) in [6.07, 6.45) is 0.320. The quantitative estimate of drug-likeness (QED) is 0.508. The smallest absolute Gasteiger partial charge is 0.297 e. The number of fused-ring (bicyclic) bond motifs is 1. The highest BCUT2D eigenvalue weighted by molar-refractivity contribution is 5.34. The molecule has 1 heterocycles. The van der Waals surface area contributed by atoms with E-state index >= 15 is 0 Å². The van der Waals surface area contributed by atoms with Crippen molar-refractivity contribution in [2.75, 3.05) is 6.61 Å². The molecular weight excluding hydrogens is 140 g/mol. The molecule has 1 saturated heterocycles. The maximum atomic E-state index is 12.5. The Labute approximate surface area is 56.4 Å². The van der Waals surface area contributed by atoms with E-state index < -0.39 is 17.4 Å². The molecule has 0 aromatic heterocycles. The third-order valence-electron chi connectivity index (χ3n) is 2.24. The average Bonchev–Trinajstić information content (AvgIpc) is 2.34. The van der Waals surface area contributed by atoms with Gasteiger partial charge in [0.2, 0.25) is 5.60 Å². The van der Waals surface area contributed by atoms with Gasteiger partial charge in [-0.2, -0.15) is 5.26 Å². The summed E-state index contributed by atoms with van der Waals surface area (Å²) in [6, 6.07) is 1.53. The summed E-state index contributed by atoms with van der Waals surface area (Å²) in [5, 5.41) is 8.35. The Morgan fingerprint density at radius 2 is 2.30 bits per heavy atom. The molecule has 54 valence electrons. The number of nitrogens with zero attached hydrogens (tertiary/aromatic N) is 1. The Morgan fingerprint density at radius 1 is 1.60 bits per heavy atom. The van der Waals surface area contributed by atoms with Crippen molar-refractivity contribution < 1.29 is 13.5 Å². The highest BCUT2D eigenvalue weighted by atomic mass is 19.3. The first-order chi connectivity index (χ1) is 4.65. The van der Waals surface area contributed by atoms with Crippen molar-refractivity contribution >= 4 is 0 Å². The van der Waals surface area contributed by atoms with Crippen molar-refractivity contribution in [1.29, 1.82) is 5.26 Å². The van der Waals surface area contributed by atoms with E-state index in [-0.39, 0.29) is 0 Å². The summed E-state index contributed by atoms with van der Waals surface area (Å²) >= 11 is 0. The highest BCUT2D eigenvalue weighted by Gasteiger charge is 2.85. The van der Waals surface area contributed by atoms with Crippen LogP contribution in [0.2, 0.25) is 0 Å². The Hall–Kier alpha value is -0.690. The van der Waals surface area contributed by atoms with Crippen molar-refractivity contribution in [3.05, 3.63) is 0 Å². The van der Waals surface area contributed by atoms with Crippen LogP contribution in [-0.4, -0.2) is 18.1 Å². The Morgan fingerprint density at radius 3 is 2.60 bits per heavy atom. The number of alkyl halides is 2. The van der Waals surface area contributed by atoms with Gasteiger partial charge in [-0.15, -0.1) is 0 Å². The minimum absolute atomic E-state index is 0.299. The number of nitriles is 1. The second-order valence-corrected chi connectivity index (χ2v) is 2.66. The van der Waals surface area contributed by atoms with Gasteiger partial charge in [0, 0.05) is 6.61 Å². The first kappa shape index (κ1) is 6.05. The van der Waals surface area contributed by atoms with E-state index in [0.29, 0.717) is 13.0 Å². The van der Waals surface area contributed by atoms with Crippen LogP contribution in [0.25, 0.3) is 0 Å². The number of hydrogen-bond acceptors (Lipinski definition) is 2. The SMILES string of the molecule is N#C[C@@]12OCC[C@@H]1C2(F)F. The van der Waals surface area contributed by atoms with Crippen LogP contribution in [0.15, 0.2) is 0 Å². The number of rotatable bonds is 0. The van der Waals surface area contributed by atoms with Crippen molar-refractivity contribution in [1.82, 2.24) is 0 Å². The molecule has 2 nitrogen and oxygen atoms in total.